The molecule has 0 aliphatic heterocycles. The van der Waals surface area contributed by atoms with Crippen molar-refractivity contribution >= 4 is 93.3 Å². The van der Waals surface area contributed by atoms with Gasteiger partial charge in [-0.05, 0) is 66.7 Å². The van der Waals surface area contributed by atoms with E-state index in [1.54, 1.807) is 0 Å². The number of pyridine rings is 2. The molecule has 0 bridgehead atoms. The Morgan fingerprint density at radius 1 is 0.411 bits per heavy atom. The minimum Gasteiger partial charge on any atom is -0.437 e. The number of aromatic nitrogens is 5. The van der Waals surface area contributed by atoms with Crippen LogP contribution in [0.15, 0.2) is 180 Å². The highest BCUT2D eigenvalue weighted by molar-refractivity contribution is 6.21. The molecule has 0 saturated heterocycles. The molecule has 6 aromatic heterocycles. The number of benzene rings is 7. The van der Waals surface area contributed by atoms with Gasteiger partial charge in [0, 0.05) is 49.3 Å². The summed E-state index contributed by atoms with van der Waals surface area (Å²) in [5.74, 6) is 0. The van der Waals surface area contributed by atoms with E-state index in [2.05, 4.69) is 183 Å². The van der Waals surface area contributed by atoms with Crippen LogP contribution in [0.3, 0.4) is 0 Å². The van der Waals surface area contributed by atoms with Crippen LogP contribution < -0.4 is 0 Å². The Morgan fingerprint density at radius 2 is 0.893 bits per heavy atom. The normalized spacial score (nSPS) is 12.3. The number of rotatable bonds is 3. The zero-order valence-electron chi connectivity index (χ0n) is 29.9. The van der Waals surface area contributed by atoms with Gasteiger partial charge in [-0.2, -0.15) is 0 Å². The van der Waals surface area contributed by atoms with Crippen molar-refractivity contribution in [2.24, 2.45) is 0 Å². The summed E-state index contributed by atoms with van der Waals surface area (Å²) in [5, 5.41) is 8.01. The summed E-state index contributed by atoms with van der Waals surface area (Å²) in [4.78, 5) is 10.6. The molecule has 0 N–H and O–H groups in total. The smallest absolute Gasteiger partial charge is 0.216 e. The molecule has 13 aromatic rings. The summed E-state index contributed by atoms with van der Waals surface area (Å²) in [5.41, 5.74) is 13.8. The fourth-order valence-electron chi connectivity index (χ4n) is 9.24. The lowest BCUT2D eigenvalue weighted by Gasteiger charge is -2.15. The third kappa shape index (κ3) is 3.94. The fraction of sp³-hybridized carbons (Fsp3) is 0. The van der Waals surface area contributed by atoms with Gasteiger partial charge in [-0.15, -0.1) is 0 Å². The monoisotopic (exact) mass is 715 g/mol. The van der Waals surface area contributed by atoms with E-state index in [-0.39, 0.29) is 0 Å². The minimum atomic E-state index is 0.736. The van der Waals surface area contributed by atoms with E-state index in [1.165, 1.54) is 21.5 Å². The molecule has 0 saturated carbocycles. The molecule has 0 aliphatic rings. The van der Waals surface area contributed by atoms with Crippen LogP contribution in [0, 0.1) is 0 Å². The molecule has 0 atom stereocenters. The fourth-order valence-corrected chi connectivity index (χ4v) is 9.24. The highest BCUT2D eigenvalue weighted by atomic mass is 16.3. The Hall–Kier alpha value is -7.70. The van der Waals surface area contributed by atoms with Crippen molar-refractivity contribution in [3.63, 3.8) is 0 Å². The van der Waals surface area contributed by atoms with E-state index >= 15 is 0 Å². The number of hydrogen-bond acceptors (Lipinski definition) is 3. The van der Waals surface area contributed by atoms with Crippen LogP contribution >= 0.6 is 0 Å². The van der Waals surface area contributed by atoms with Gasteiger partial charge in [0.2, 0.25) is 5.71 Å². The van der Waals surface area contributed by atoms with Crippen LogP contribution in [0.5, 0.6) is 0 Å². The summed E-state index contributed by atoms with van der Waals surface area (Å²) >= 11 is 0. The molecule has 0 unspecified atom stereocenters. The Bertz CT molecular complexity index is 3550. The average Bonchev–Trinajstić information content (AvgIpc) is 4.01. The molecular weight excluding hydrogens is 687 g/mol. The predicted molar refractivity (Wildman–Crippen MR) is 229 cm³/mol. The van der Waals surface area contributed by atoms with Gasteiger partial charge in [0.25, 0.3) is 0 Å². The first kappa shape index (κ1) is 29.7. The molecule has 0 radical (unpaired) electrons. The molecule has 260 valence electrons. The first-order chi connectivity index (χ1) is 27.8. The molecule has 0 fully saturated rings. The van der Waals surface area contributed by atoms with Gasteiger partial charge in [-0.25, -0.2) is 9.97 Å². The average molecular weight is 716 g/mol. The molecule has 6 heteroatoms. The van der Waals surface area contributed by atoms with Gasteiger partial charge in [0.05, 0.1) is 44.2 Å². The van der Waals surface area contributed by atoms with E-state index in [0.29, 0.717) is 0 Å². The Balaban J connectivity index is 1.14. The van der Waals surface area contributed by atoms with Crippen LogP contribution in [-0.2, 0) is 0 Å². The molecule has 6 heterocycles. The van der Waals surface area contributed by atoms with Gasteiger partial charge in [-0.1, -0.05) is 109 Å². The highest BCUT2D eigenvalue weighted by Crippen LogP contribution is 2.41. The van der Waals surface area contributed by atoms with Crippen LogP contribution in [-0.4, -0.2) is 23.5 Å². The Labute approximate surface area is 318 Å². The molecule has 0 amide bonds. The lowest BCUT2D eigenvalue weighted by Crippen LogP contribution is -2.00. The Morgan fingerprint density at radius 3 is 1.46 bits per heavy atom. The number of hydrogen-bond donors (Lipinski definition) is 0. The van der Waals surface area contributed by atoms with Crippen molar-refractivity contribution in [3.05, 3.63) is 176 Å². The highest BCUT2D eigenvalue weighted by Gasteiger charge is 2.22. The summed E-state index contributed by atoms with van der Waals surface area (Å²) in [6.07, 6.45) is 0. The number of fused-ring (bicyclic) bond motifs is 16. The van der Waals surface area contributed by atoms with Gasteiger partial charge < -0.3 is 13.6 Å². The first-order valence-electron chi connectivity index (χ1n) is 18.9. The number of para-hydroxylation sites is 6. The van der Waals surface area contributed by atoms with Crippen molar-refractivity contribution in [3.8, 4) is 22.6 Å². The zero-order chi connectivity index (χ0) is 36.5. The van der Waals surface area contributed by atoms with E-state index in [4.69, 9.17) is 14.4 Å². The summed E-state index contributed by atoms with van der Waals surface area (Å²) < 4.78 is 13.7. The standard InChI is InChI=1S/C50H29N5O/c1-2-18-38-37(17-1)47-48-46(56-50(47)55-45-24-12-7-19-40(45)52-49(38)55)26-25-39(51-48)30-27-31(53-41-20-8-3-13-33(41)34-14-4-9-21-42(34)53)29-32(28-30)54-43-22-10-5-15-35(43)36-16-6-11-23-44(36)54/h1-29H. The van der Waals surface area contributed by atoms with E-state index in [1.807, 2.05) is 6.07 Å². The van der Waals surface area contributed by atoms with E-state index in [9.17, 15) is 0 Å². The summed E-state index contributed by atoms with van der Waals surface area (Å²) in [6, 6.07) is 62.5. The third-order valence-electron chi connectivity index (χ3n) is 11.6. The van der Waals surface area contributed by atoms with Crippen LogP contribution in [0.2, 0.25) is 0 Å². The zero-order valence-corrected chi connectivity index (χ0v) is 29.9. The number of imidazole rings is 1. The second-order valence-electron chi connectivity index (χ2n) is 14.6. The lowest BCUT2D eigenvalue weighted by molar-refractivity contribution is 0.650. The van der Waals surface area contributed by atoms with Crippen molar-refractivity contribution in [2.75, 3.05) is 0 Å². The Kier molecular flexibility index (Phi) is 5.80. The van der Waals surface area contributed by atoms with Gasteiger partial charge in [0.15, 0.2) is 5.58 Å². The largest absolute Gasteiger partial charge is 0.437 e. The van der Waals surface area contributed by atoms with Gasteiger partial charge in [0.1, 0.15) is 11.2 Å². The molecule has 0 aliphatic carbocycles. The maximum Gasteiger partial charge on any atom is 0.216 e. The second kappa shape index (κ2) is 10.9. The number of nitrogens with zero attached hydrogens (tertiary/aromatic N) is 5. The third-order valence-corrected chi connectivity index (χ3v) is 11.6. The van der Waals surface area contributed by atoms with Crippen molar-refractivity contribution < 1.29 is 4.42 Å². The summed E-state index contributed by atoms with van der Waals surface area (Å²) in [7, 11) is 0. The first-order valence-corrected chi connectivity index (χ1v) is 18.9. The summed E-state index contributed by atoms with van der Waals surface area (Å²) in [6.45, 7) is 0. The lowest BCUT2D eigenvalue weighted by atomic mass is 10.1. The quantitative estimate of drug-likeness (QED) is 0.183. The maximum atomic E-state index is 6.74. The van der Waals surface area contributed by atoms with Crippen LogP contribution in [0.4, 0.5) is 0 Å². The molecule has 7 aromatic carbocycles. The molecule has 0 spiro atoms. The second-order valence-corrected chi connectivity index (χ2v) is 14.6. The molecule has 56 heavy (non-hydrogen) atoms. The molecule has 6 nitrogen and oxygen atoms in total. The van der Waals surface area contributed by atoms with E-state index < -0.39 is 0 Å². The maximum absolute atomic E-state index is 6.74. The van der Waals surface area contributed by atoms with Gasteiger partial charge in [-0.3, -0.25) is 4.40 Å². The molecular formula is C50H29N5O. The van der Waals surface area contributed by atoms with Crippen molar-refractivity contribution in [1.82, 2.24) is 23.5 Å². The minimum absolute atomic E-state index is 0.736. The molecule has 13 rings (SSSR count). The van der Waals surface area contributed by atoms with Gasteiger partial charge >= 0.3 is 0 Å². The predicted octanol–water partition coefficient (Wildman–Crippen LogP) is 12.8. The SMILES string of the molecule is c1ccc2c(c1)nc1c3ccccc3c3c4nc(-c5cc(-n6c7ccccc7c7ccccc76)cc(-n6c7ccccc7c7ccccc76)c5)ccc4oc3n21. The van der Waals surface area contributed by atoms with Crippen molar-refractivity contribution in [1.29, 1.82) is 0 Å². The van der Waals surface area contributed by atoms with Crippen molar-refractivity contribution in [2.45, 2.75) is 0 Å². The number of furan rings is 1. The van der Waals surface area contributed by atoms with E-state index in [0.717, 1.165) is 94.4 Å². The van der Waals surface area contributed by atoms with Crippen LogP contribution in [0.1, 0.15) is 0 Å². The van der Waals surface area contributed by atoms with Crippen LogP contribution in [0.25, 0.3) is 116 Å². The topological polar surface area (TPSA) is 53.2 Å².